The van der Waals surface area contributed by atoms with Crippen molar-refractivity contribution >= 4 is 5.69 Å². The Morgan fingerprint density at radius 1 is 1.25 bits per heavy atom. The van der Waals surface area contributed by atoms with Gasteiger partial charge in [-0.1, -0.05) is 19.1 Å². The molecule has 0 aromatic heterocycles. The van der Waals surface area contributed by atoms with Gasteiger partial charge in [0.2, 0.25) is 0 Å². The van der Waals surface area contributed by atoms with Crippen LogP contribution in [0.25, 0.3) is 0 Å². The van der Waals surface area contributed by atoms with Crippen LogP contribution in [0.3, 0.4) is 0 Å². The van der Waals surface area contributed by atoms with E-state index in [1.807, 2.05) is 0 Å². The Morgan fingerprint density at radius 2 is 1.88 bits per heavy atom. The molecule has 2 rings (SSSR count). The quantitative estimate of drug-likeness (QED) is 0.823. The van der Waals surface area contributed by atoms with Gasteiger partial charge in [0.1, 0.15) is 0 Å². The molecule has 0 aliphatic heterocycles. The molecule has 2 heteroatoms. The minimum atomic E-state index is 0.185. The number of benzene rings is 1. The predicted molar refractivity (Wildman–Crippen MR) is 69.7 cm³/mol. The van der Waals surface area contributed by atoms with Crippen molar-refractivity contribution in [1.29, 1.82) is 0 Å². The normalized spacial score (nSPS) is 17.2. The Bertz CT molecular complexity index is 327. The zero-order valence-electron chi connectivity index (χ0n) is 10.3. The molecule has 1 unspecified atom stereocenters. The van der Waals surface area contributed by atoms with Crippen molar-refractivity contribution in [1.82, 2.24) is 0 Å². The molecule has 1 aliphatic rings. The summed E-state index contributed by atoms with van der Waals surface area (Å²) in [6, 6.07) is 9.75. The topological polar surface area (TPSA) is 29.3 Å². The molecular formula is C14H22N2. The second kappa shape index (κ2) is 4.88. The summed E-state index contributed by atoms with van der Waals surface area (Å²) in [4.78, 5) is 2.49. The van der Waals surface area contributed by atoms with Crippen LogP contribution in [0.4, 0.5) is 5.69 Å². The van der Waals surface area contributed by atoms with Crippen molar-refractivity contribution in [2.24, 2.45) is 5.73 Å². The molecule has 0 spiro atoms. The van der Waals surface area contributed by atoms with Gasteiger partial charge in [0.25, 0.3) is 0 Å². The van der Waals surface area contributed by atoms with Crippen LogP contribution in [-0.4, -0.2) is 12.6 Å². The van der Waals surface area contributed by atoms with E-state index in [1.54, 1.807) is 0 Å². The van der Waals surface area contributed by atoms with E-state index in [1.165, 1.54) is 24.1 Å². The minimum absolute atomic E-state index is 0.185. The third kappa shape index (κ3) is 2.38. The number of rotatable bonds is 5. The van der Waals surface area contributed by atoms with Crippen molar-refractivity contribution < 1.29 is 0 Å². The van der Waals surface area contributed by atoms with Crippen LogP contribution in [0.15, 0.2) is 24.3 Å². The molecule has 1 aromatic carbocycles. The molecule has 88 valence electrons. The molecule has 0 amide bonds. The Morgan fingerprint density at radius 3 is 2.31 bits per heavy atom. The van der Waals surface area contributed by atoms with Gasteiger partial charge in [0.15, 0.2) is 0 Å². The summed E-state index contributed by atoms with van der Waals surface area (Å²) in [7, 11) is 0. The van der Waals surface area contributed by atoms with Crippen molar-refractivity contribution in [3.63, 3.8) is 0 Å². The van der Waals surface area contributed by atoms with Gasteiger partial charge in [-0.05, 0) is 43.9 Å². The van der Waals surface area contributed by atoms with Crippen molar-refractivity contribution in [3.05, 3.63) is 29.8 Å². The lowest BCUT2D eigenvalue weighted by molar-refractivity contribution is 0.698. The van der Waals surface area contributed by atoms with E-state index in [4.69, 9.17) is 5.73 Å². The Labute approximate surface area is 98.4 Å². The lowest BCUT2D eigenvalue weighted by atomic mass is 10.1. The molecule has 16 heavy (non-hydrogen) atoms. The molecule has 1 saturated carbocycles. The first-order chi connectivity index (χ1) is 7.76. The van der Waals surface area contributed by atoms with Gasteiger partial charge in [-0.2, -0.15) is 0 Å². The molecule has 0 heterocycles. The summed E-state index contributed by atoms with van der Waals surface area (Å²) in [5.74, 6) is 0. The second-order valence-electron chi connectivity index (χ2n) is 4.62. The summed E-state index contributed by atoms with van der Waals surface area (Å²) >= 11 is 0. The standard InChI is InChI=1S/C14H22N2/c1-3-14(15)11-5-7-12(8-6-11)16(4-2)13-9-10-13/h5-8,13-14H,3-4,9-10,15H2,1-2H3. The number of anilines is 1. The summed E-state index contributed by atoms with van der Waals surface area (Å²) in [5, 5.41) is 0. The first-order valence-corrected chi connectivity index (χ1v) is 6.38. The van der Waals surface area contributed by atoms with E-state index >= 15 is 0 Å². The minimum Gasteiger partial charge on any atom is -0.369 e. The van der Waals surface area contributed by atoms with Crippen molar-refractivity contribution in [3.8, 4) is 0 Å². The fourth-order valence-electron chi connectivity index (χ4n) is 2.19. The van der Waals surface area contributed by atoms with Gasteiger partial charge in [-0.25, -0.2) is 0 Å². The number of hydrogen-bond acceptors (Lipinski definition) is 2. The molecule has 2 N–H and O–H groups in total. The molecule has 1 aliphatic carbocycles. The molecule has 1 atom stereocenters. The van der Waals surface area contributed by atoms with Crippen molar-refractivity contribution in [2.45, 2.75) is 45.2 Å². The van der Waals surface area contributed by atoms with E-state index in [-0.39, 0.29) is 6.04 Å². The van der Waals surface area contributed by atoms with Crippen molar-refractivity contribution in [2.75, 3.05) is 11.4 Å². The average Bonchev–Trinajstić information content (AvgIpc) is 3.14. The van der Waals surface area contributed by atoms with Gasteiger partial charge in [-0.3, -0.25) is 0 Å². The SMILES string of the molecule is CCC(N)c1ccc(N(CC)C2CC2)cc1. The average molecular weight is 218 g/mol. The van der Waals surface area contributed by atoms with Crippen LogP contribution < -0.4 is 10.6 Å². The van der Waals surface area contributed by atoms with E-state index in [2.05, 4.69) is 43.0 Å². The summed E-state index contributed by atoms with van der Waals surface area (Å²) < 4.78 is 0. The molecule has 2 nitrogen and oxygen atoms in total. The smallest absolute Gasteiger partial charge is 0.0368 e. The molecule has 1 fully saturated rings. The van der Waals surface area contributed by atoms with Crippen LogP contribution >= 0.6 is 0 Å². The van der Waals surface area contributed by atoms with E-state index in [0.29, 0.717) is 0 Å². The molecular weight excluding hydrogens is 196 g/mol. The van der Waals surface area contributed by atoms with Crippen LogP contribution in [0.5, 0.6) is 0 Å². The molecule has 0 saturated heterocycles. The first kappa shape index (κ1) is 11.5. The highest BCUT2D eigenvalue weighted by molar-refractivity contribution is 5.50. The monoisotopic (exact) mass is 218 g/mol. The van der Waals surface area contributed by atoms with Crippen LogP contribution in [0, 0.1) is 0 Å². The lowest BCUT2D eigenvalue weighted by Crippen LogP contribution is -2.24. The molecule has 0 radical (unpaired) electrons. The van der Waals surface area contributed by atoms with Gasteiger partial charge in [0.05, 0.1) is 0 Å². The zero-order valence-corrected chi connectivity index (χ0v) is 10.3. The number of nitrogens with two attached hydrogens (primary N) is 1. The summed E-state index contributed by atoms with van der Waals surface area (Å²) in [6.45, 7) is 5.45. The van der Waals surface area contributed by atoms with Crippen LogP contribution in [0.1, 0.15) is 44.7 Å². The predicted octanol–water partition coefficient (Wildman–Crippen LogP) is 3.09. The summed E-state index contributed by atoms with van der Waals surface area (Å²) in [5.41, 5.74) is 8.60. The number of hydrogen-bond donors (Lipinski definition) is 1. The Hall–Kier alpha value is -1.02. The highest BCUT2D eigenvalue weighted by Crippen LogP contribution is 2.31. The summed E-state index contributed by atoms with van der Waals surface area (Å²) in [6.07, 6.45) is 3.70. The van der Waals surface area contributed by atoms with Gasteiger partial charge in [-0.15, -0.1) is 0 Å². The van der Waals surface area contributed by atoms with Gasteiger partial charge < -0.3 is 10.6 Å². The van der Waals surface area contributed by atoms with Crippen LogP contribution in [-0.2, 0) is 0 Å². The highest BCUT2D eigenvalue weighted by atomic mass is 15.2. The maximum Gasteiger partial charge on any atom is 0.0368 e. The Balaban J connectivity index is 2.11. The van der Waals surface area contributed by atoms with E-state index in [0.717, 1.165) is 19.0 Å². The fraction of sp³-hybridized carbons (Fsp3) is 0.571. The Kier molecular flexibility index (Phi) is 3.49. The zero-order chi connectivity index (χ0) is 11.5. The maximum atomic E-state index is 6.01. The van der Waals surface area contributed by atoms with E-state index in [9.17, 15) is 0 Å². The third-order valence-corrected chi connectivity index (χ3v) is 3.42. The largest absolute Gasteiger partial charge is 0.369 e. The maximum absolute atomic E-state index is 6.01. The van der Waals surface area contributed by atoms with E-state index < -0.39 is 0 Å². The first-order valence-electron chi connectivity index (χ1n) is 6.38. The third-order valence-electron chi connectivity index (χ3n) is 3.42. The van der Waals surface area contributed by atoms with Crippen LogP contribution in [0.2, 0.25) is 0 Å². The molecule has 1 aromatic rings. The molecule has 0 bridgehead atoms. The number of nitrogens with zero attached hydrogens (tertiary/aromatic N) is 1. The lowest BCUT2D eigenvalue weighted by Gasteiger charge is -2.23. The highest BCUT2D eigenvalue weighted by Gasteiger charge is 2.27. The second-order valence-corrected chi connectivity index (χ2v) is 4.62. The fourth-order valence-corrected chi connectivity index (χ4v) is 2.19. The van der Waals surface area contributed by atoms with Gasteiger partial charge in [0, 0.05) is 24.3 Å². The van der Waals surface area contributed by atoms with Gasteiger partial charge >= 0.3 is 0 Å².